The third kappa shape index (κ3) is 3.38. The molecule has 0 fully saturated rings. The molecule has 2 N–H and O–H groups in total. The van der Waals surface area contributed by atoms with E-state index in [1.54, 1.807) is 0 Å². The topological polar surface area (TPSA) is 127 Å². The van der Waals surface area contributed by atoms with E-state index in [9.17, 15) is 25.3 Å². The summed E-state index contributed by atoms with van der Waals surface area (Å²) in [6.45, 7) is -0.305. The summed E-state index contributed by atoms with van der Waals surface area (Å²) in [4.78, 5) is 19.3. The second kappa shape index (κ2) is 6.33. The molecule has 94 valence electrons. The molecule has 2 unspecified atom stereocenters. The van der Waals surface area contributed by atoms with Crippen LogP contribution in [0.5, 0.6) is 0 Å². The summed E-state index contributed by atoms with van der Waals surface area (Å²) in [6, 6.07) is 0. The molecular formula is C8H16N2O6. The van der Waals surface area contributed by atoms with Crippen LogP contribution < -0.4 is 0 Å². The lowest BCUT2D eigenvalue weighted by atomic mass is 9.90. The molecule has 8 heteroatoms. The molecule has 0 aromatic carbocycles. The molecule has 0 bridgehead atoms. The Kier molecular flexibility index (Phi) is 5.83. The SMILES string of the molecule is CCCCC(O)C(CO)(C[N+](=O)[O-])[N+](=O)[O-]. The van der Waals surface area contributed by atoms with Crippen LogP contribution in [0.25, 0.3) is 0 Å². The van der Waals surface area contributed by atoms with Crippen molar-refractivity contribution in [1.82, 2.24) is 0 Å². The first-order chi connectivity index (χ1) is 7.40. The molecule has 0 spiro atoms. The van der Waals surface area contributed by atoms with Crippen LogP contribution in [0.2, 0.25) is 0 Å². The standard InChI is InChI=1S/C8H16N2O6/c1-2-3-4-7(12)8(6-11,10(15)16)5-9(13)14/h7,11-12H,2-6H2,1H3. The van der Waals surface area contributed by atoms with Gasteiger partial charge < -0.3 is 10.2 Å². The van der Waals surface area contributed by atoms with Gasteiger partial charge >= 0.3 is 5.54 Å². The van der Waals surface area contributed by atoms with Gasteiger partial charge in [0.2, 0.25) is 0 Å². The van der Waals surface area contributed by atoms with Gasteiger partial charge in [-0.15, -0.1) is 0 Å². The molecule has 0 aliphatic rings. The van der Waals surface area contributed by atoms with Crippen molar-refractivity contribution in [3.8, 4) is 0 Å². The molecule has 0 aliphatic carbocycles. The number of aliphatic hydroxyl groups excluding tert-OH is 2. The van der Waals surface area contributed by atoms with E-state index in [0.29, 0.717) is 12.8 Å². The van der Waals surface area contributed by atoms with Gasteiger partial charge in [0.15, 0.2) is 0 Å². The maximum absolute atomic E-state index is 10.8. The highest BCUT2D eigenvalue weighted by atomic mass is 16.6. The van der Waals surface area contributed by atoms with E-state index in [-0.39, 0.29) is 6.42 Å². The fourth-order valence-corrected chi connectivity index (χ4v) is 1.39. The number of hydrogen-bond acceptors (Lipinski definition) is 6. The van der Waals surface area contributed by atoms with E-state index < -0.39 is 34.6 Å². The predicted octanol–water partition coefficient (Wildman–Crippen LogP) is -0.178. The number of nitrogens with zero attached hydrogens (tertiary/aromatic N) is 2. The van der Waals surface area contributed by atoms with Gasteiger partial charge in [-0.25, -0.2) is 0 Å². The smallest absolute Gasteiger partial charge is 0.332 e. The van der Waals surface area contributed by atoms with Crippen LogP contribution in [-0.4, -0.2) is 44.9 Å². The monoisotopic (exact) mass is 236 g/mol. The van der Waals surface area contributed by atoms with Crippen LogP contribution >= 0.6 is 0 Å². The Morgan fingerprint density at radius 2 is 1.94 bits per heavy atom. The number of aliphatic hydroxyl groups is 2. The van der Waals surface area contributed by atoms with E-state index in [0.717, 1.165) is 0 Å². The van der Waals surface area contributed by atoms with Gasteiger partial charge in [0.25, 0.3) is 6.54 Å². The lowest BCUT2D eigenvalue weighted by molar-refractivity contribution is -0.639. The normalized spacial score (nSPS) is 16.4. The lowest BCUT2D eigenvalue weighted by Crippen LogP contribution is -2.57. The number of rotatable bonds is 8. The van der Waals surface area contributed by atoms with Gasteiger partial charge in [-0.3, -0.25) is 20.2 Å². The van der Waals surface area contributed by atoms with Crippen molar-refractivity contribution in [1.29, 1.82) is 0 Å². The minimum absolute atomic E-state index is 0.0614. The van der Waals surface area contributed by atoms with Crippen LogP contribution in [0.1, 0.15) is 26.2 Å². The van der Waals surface area contributed by atoms with Crippen molar-refractivity contribution in [3.63, 3.8) is 0 Å². The maximum atomic E-state index is 10.8. The summed E-state index contributed by atoms with van der Waals surface area (Å²) in [7, 11) is 0. The summed E-state index contributed by atoms with van der Waals surface area (Å²) < 4.78 is 0. The molecule has 0 aromatic rings. The van der Waals surface area contributed by atoms with Gasteiger partial charge in [0, 0.05) is 9.85 Å². The maximum Gasteiger partial charge on any atom is 0.332 e. The molecule has 0 rings (SSSR count). The number of hydrogen-bond donors (Lipinski definition) is 2. The summed E-state index contributed by atoms with van der Waals surface area (Å²) in [5, 5.41) is 39.7. The fraction of sp³-hybridized carbons (Fsp3) is 1.00. The third-order valence-corrected chi connectivity index (χ3v) is 2.49. The van der Waals surface area contributed by atoms with Crippen molar-refractivity contribution in [3.05, 3.63) is 20.2 Å². The van der Waals surface area contributed by atoms with Gasteiger partial charge in [-0.1, -0.05) is 19.8 Å². The molecule has 16 heavy (non-hydrogen) atoms. The first-order valence-corrected chi connectivity index (χ1v) is 4.96. The third-order valence-electron chi connectivity index (χ3n) is 2.49. The molecule has 0 aliphatic heterocycles. The van der Waals surface area contributed by atoms with E-state index in [1.165, 1.54) is 0 Å². The van der Waals surface area contributed by atoms with Crippen LogP contribution in [-0.2, 0) is 0 Å². The first-order valence-electron chi connectivity index (χ1n) is 4.96. The summed E-state index contributed by atoms with van der Waals surface area (Å²) >= 11 is 0. The summed E-state index contributed by atoms with van der Waals surface area (Å²) in [5.74, 6) is 0. The molecule has 0 heterocycles. The van der Waals surface area contributed by atoms with Crippen molar-refractivity contribution in [2.45, 2.75) is 37.8 Å². The Morgan fingerprint density at radius 3 is 2.25 bits per heavy atom. The zero-order valence-corrected chi connectivity index (χ0v) is 9.03. The molecule has 0 saturated carbocycles. The minimum atomic E-state index is -2.29. The number of unbranched alkanes of at least 4 members (excludes halogenated alkanes) is 1. The highest BCUT2D eigenvalue weighted by molar-refractivity contribution is 4.86. The molecule has 0 amide bonds. The Morgan fingerprint density at radius 1 is 1.38 bits per heavy atom. The zero-order valence-electron chi connectivity index (χ0n) is 9.03. The Labute approximate surface area is 92.2 Å². The van der Waals surface area contributed by atoms with Crippen LogP contribution in [0, 0.1) is 20.2 Å². The molecule has 0 radical (unpaired) electrons. The van der Waals surface area contributed by atoms with E-state index in [1.807, 2.05) is 6.92 Å². The van der Waals surface area contributed by atoms with Crippen molar-refractivity contribution >= 4 is 0 Å². The number of nitro groups is 2. The van der Waals surface area contributed by atoms with Gasteiger partial charge in [-0.05, 0) is 6.42 Å². The van der Waals surface area contributed by atoms with Crippen LogP contribution in [0.15, 0.2) is 0 Å². The Bertz CT molecular complexity index is 259. The van der Waals surface area contributed by atoms with E-state index in [2.05, 4.69) is 0 Å². The van der Waals surface area contributed by atoms with Gasteiger partial charge in [0.05, 0.1) is 0 Å². The van der Waals surface area contributed by atoms with Crippen LogP contribution in [0.4, 0.5) is 0 Å². The largest absolute Gasteiger partial charge is 0.388 e. The van der Waals surface area contributed by atoms with Gasteiger partial charge in [-0.2, -0.15) is 0 Å². The molecular weight excluding hydrogens is 220 g/mol. The van der Waals surface area contributed by atoms with E-state index >= 15 is 0 Å². The summed E-state index contributed by atoms with van der Waals surface area (Å²) in [6.07, 6.45) is -0.243. The molecule has 2 atom stereocenters. The fourth-order valence-electron chi connectivity index (χ4n) is 1.39. The summed E-state index contributed by atoms with van der Waals surface area (Å²) in [5.41, 5.74) is -2.29. The Hall–Kier alpha value is -1.28. The minimum Gasteiger partial charge on any atom is -0.388 e. The molecule has 8 nitrogen and oxygen atoms in total. The van der Waals surface area contributed by atoms with E-state index in [4.69, 9.17) is 5.11 Å². The lowest BCUT2D eigenvalue weighted by Gasteiger charge is -2.24. The molecule has 0 saturated heterocycles. The average Bonchev–Trinajstić information content (AvgIpc) is 2.21. The predicted molar refractivity (Wildman–Crippen MR) is 54.2 cm³/mol. The quantitative estimate of drug-likeness (QED) is 0.444. The average molecular weight is 236 g/mol. The van der Waals surface area contributed by atoms with Crippen molar-refractivity contribution in [2.75, 3.05) is 13.2 Å². The van der Waals surface area contributed by atoms with Crippen LogP contribution in [0.3, 0.4) is 0 Å². The second-order valence-corrected chi connectivity index (χ2v) is 3.67. The first kappa shape index (κ1) is 14.7. The highest BCUT2D eigenvalue weighted by Gasteiger charge is 2.54. The Balaban J connectivity index is 4.87. The van der Waals surface area contributed by atoms with Crippen molar-refractivity contribution < 1.29 is 20.1 Å². The van der Waals surface area contributed by atoms with Gasteiger partial charge in [0.1, 0.15) is 12.7 Å². The second-order valence-electron chi connectivity index (χ2n) is 3.67. The molecule has 0 aromatic heterocycles. The highest BCUT2D eigenvalue weighted by Crippen LogP contribution is 2.20. The van der Waals surface area contributed by atoms with Crippen molar-refractivity contribution in [2.24, 2.45) is 0 Å². The zero-order chi connectivity index (χ0) is 12.8.